The van der Waals surface area contributed by atoms with Crippen LogP contribution in [0.4, 0.5) is 0 Å². The van der Waals surface area contributed by atoms with E-state index in [9.17, 15) is 9.90 Å². The maximum atomic E-state index is 13.2. The van der Waals surface area contributed by atoms with E-state index in [1.165, 1.54) is 19.3 Å². The molecule has 2 saturated carbocycles. The van der Waals surface area contributed by atoms with Gasteiger partial charge in [0.1, 0.15) is 6.23 Å². The summed E-state index contributed by atoms with van der Waals surface area (Å²) in [7, 11) is 4.06. The van der Waals surface area contributed by atoms with Crippen molar-refractivity contribution in [2.45, 2.75) is 93.5 Å². The average molecular weight is 615 g/mol. The van der Waals surface area contributed by atoms with Gasteiger partial charge in [-0.25, -0.2) is 0 Å². The van der Waals surface area contributed by atoms with Crippen molar-refractivity contribution >= 4 is 17.5 Å². The topological polar surface area (TPSA) is 120 Å². The molecule has 0 bridgehead atoms. The van der Waals surface area contributed by atoms with E-state index < -0.39 is 6.10 Å². The van der Waals surface area contributed by atoms with Crippen LogP contribution in [-0.2, 0) is 19.0 Å². The number of ether oxygens (including phenoxy) is 3. The molecule has 11 nitrogen and oxygen atoms in total. The van der Waals surface area contributed by atoms with Gasteiger partial charge in [0.05, 0.1) is 49.8 Å². The maximum absolute atomic E-state index is 13.2. The summed E-state index contributed by atoms with van der Waals surface area (Å²) in [4.78, 5) is 17.7. The zero-order valence-electron chi connectivity index (χ0n) is 25.6. The Bertz CT molecular complexity index is 834. The Balaban J connectivity index is 1.02. The molecule has 8 unspecified atom stereocenters. The number of amides is 1. The molecule has 2 aliphatic carbocycles. The predicted molar refractivity (Wildman–Crippen MR) is 162 cm³/mol. The minimum atomic E-state index is -0.602. The highest BCUT2D eigenvalue weighted by molar-refractivity contribution is 6.21. The molecule has 0 aromatic carbocycles. The standard InChI is InChI=1S/C30H55ClN6O5/c1-36(2)10-11-40-28-13-21(12-27(35-28)34-22-4-3-5-22)30(39)33-14-23(38)17-37-9-8-25-20(16-37)6-7-26(29(25)31)41-18-24-15-32-19-42-24/h20-29,32,34-35,38H,3-19H2,1-2H3,(H,33,39)/t20?,21?,23-,24?,25?,26?,27?,28?,29?/m0/s1. The molecule has 9 atom stereocenters. The third-order valence-electron chi connectivity index (χ3n) is 9.91. The van der Waals surface area contributed by atoms with Gasteiger partial charge >= 0.3 is 0 Å². The van der Waals surface area contributed by atoms with Crippen LogP contribution in [0, 0.1) is 17.8 Å². The highest BCUT2D eigenvalue weighted by atomic mass is 35.5. The minimum absolute atomic E-state index is 0.0120. The van der Waals surface area contributed by atoms with Crippen LogP contribution in [0.15, 0.2) is 0 Å². The van der Waals surface area contributed by atoms with Crippen molar-refractivity contribution in [3.8, 4) is 0 Å². The van der Waals surface area contributed by atoms with Crippen LogP contribution in [0.1, 0.15) is 51.4 Å². The number of likely N-dealkylation sites (N-methyl/N-ethyl adjacent to an activating group) is 1. The van der Waals surface area contributed by atoms with Crippen molar-refractivity contribution in [1.82, 2.24) is 31.1 Å². The van der Waals surface area contributed by atoms with Gasteiger partial charge in [-0.3, -0.25) is 20.7 Å². The third kappa shape index (κ3) is 9.45. The summed E-state index contributed by atoms with van der Waals surface area (Å²) >= 11 is 6.94. The quantitative estimate of drug-likeness (QED) is 0.177. The molecule has 3 aliphatic heterocycles. The lowest BCUT2D eigenvalue weighted by atomic mass is 9.73. The maximum Gasteiger partial charge on any atom is 0.223 e. The van der Waals surface area contributed by atoms with Crippen LogP contribution in [0.3, 0.4) is 0 Å². The van der Waals surface area contributed by atoms with Crippen molar-refractivity contribution in [3.63, 3.8) is 0 Å². The van der Waals surface area contributed by atoms with Crippen LogP contribution in [0.5, 0.6) is 0 Å². The summed E-state index contributed by atoms with van der Waals surface area (Å²) in [6.07, 6.45) is 7.61. The number of nitrogens with one attached hydrogen (secondary N) is 4. The monoisotopic (exact) mass is 614 g/mol. The highest BCUT2D eigenvalue weighted by Crippen LogP contribution is 2.40. The van der Waals surface area contributed by atoms with Crippen molar-refractivity contribution < 1.29 is 24.1 Å². The largest absolute Gasteiger partial charge is 0.390 e. The molecule has 3 saturated heterocycles. The van der Waals surface area contributed by atoms with E-state index >= 15 is 0 Å². The number of likely N-dealkylation sites (tertiary alicyclic amines) is 1. The number of alkyl halides is 1. The van der Waals surface area contributed by atoms with Gasteiger partial charge < -0.3 is 34.4 Å². The first kappa shape index (κ1) is 32.8. The molecule has 5 N–H and O–H groups in total. The van der Waals surface area contributed by atoms with Gasteiger partial charge in [0.2, 0.25) is 5.91 Å². The van der Waals surface area contributed by atoms with Crippen LogP contribution < -0.4 is 21.3 Å². The number of halogens is 1. The molecule has 42 heavy (non-hydrogen) atoms. The fraction of sp³-hybridized carbons (Fsp3) is 0.967. The molecule has 5 rings (SSSR count). The summed E-state index contributed by atoms with van der Waals surface area (Å²) in [6, 6.07) is 0.526. The number of aliphatic hydroxyl groups is 1. The fourth-order valence-corrected chi connectivity index (χ4v) is 7.74. The molecular formula is C30H55ClN6O5. The molecule has 5 aliphatic rings. The molecule has 1 amide bonds. The van der Waals surface area contributed by atoms with E-state index in [1.807, 2.05) is 14.1 Å². The Kier molecular flexibility index (Phi) is 12.6. The number of hydrogen-bond acceptors (Lipinski definition) is 10. The summed E-state index contributed by atoms with van der Waals surface area (Å²) in [5.41, 5.74) is 0. The smallest absolute Gasteiger partial charge is 0.223 e. The number of nitrogens with zero attached hydrogens (tertiary/aromatic N) is 2. The first-order valence-electron chi connectivity index (χ1n) is 16.4. The van der Waals surface area contributed by atoms with E-state index in [1.54, 1.807) is 0 Å². The van der Waals surface area contributed by atoms with Gasteiger partial charge in [0, 0.05) is 44.7 Å². The SMILES string of the molecule is CN(C)CCOC1CC(C(=O)NC[C@H](O)CN2CCC3C(CCC(OCC4CNCO4)C3Cl)C2)CC(NC2CCC2)N1. The van der Waals surface area contributed by atoms with Gasteiger partial charge in [-0.15, -0.1) is 11.6 Å². The van der Waals surface area contributed by atoms with Crippen molar-refractivity contribution in [2.24, 2.45) is 17.8 Å². The van der Waals surface area contributed by atoms with Gasteiger partial charge in [0.15, 0.2) is 0 Å². The average Bonchev–Trinajstić information content (AvgIpc) is 3.47. The molecule has 3 heterocycles. The van der Waals surface area contributed by atoms with E-state index in [0.717, 1.165) is 51.9 Å². The second-order valence-corrected chi connectivity index (χ2v) is 14.0. The predicted octanol–water partition coefficient (Wildman–Crippen LogP) is 0.506. The summed E-state index contributed by atoms with van der Waals surface area (Å²) in [5.74, 6) is 0.825. The van der Waals surface area contributed by atoms with Gasteiger partial charge in [-0.2, -0.15) is 0 Å². The number of carbonyl (C=O) groups is 1. The second kappa shape index (κ2) is 16.1. The zero-order chi connectivity index (χ0) is 29.5. The summed E-state index contributed by atoms with van der Waals surface area (Å²) in [6.45, 7) is 6.19. The Morgan fingerprint density at radius 3 is 2.79 bits per heavy atom. The number of piperidine rings is 2. The number of aliphatic hydroxyl groups excluding tert-OH is 1. The summed E-state index contributed by atoms with van der Waals surface area (Å²) in [5, 5.41) is 24.4. The van der Waals surface area contributed by atoms with Gasteiger partial charge in [-0.05, 0) is 77.4 Å². The van der Waals surface area contributed by atoms with Crippen LogP contribution in [0.2, 0.25) is 0 Å². The molecule has 0 spiro atoms. The first-order chi connectivity index (χ1) is 20.3. The minimum Gasteiger partial charge on any atom is -0.390 e. The number of hydrogen-bond donors (Lipinski definition) is 5. The molecule has 12 heteroatoms. The fourth-order valence-electron chi connectivity index (χ4n) is 7.21. The van der Waals surface area contributed by atoms with Crippen LogP contribution in [0.25, 0.3) is 0 Å². The lowest BCUT2D eigenvalue weighted by molar-refractivity contribution is -0.130. The van der Waals surface area contributed by atoms with Gasteiger partial charge in [-0.1, -0.05) is 6.42 Å². The van der Waals surface area contributed by atoms with Gasteiger partial charge in [0.25, 0.3) is 0 Å². The lowest BCUT2D eigenvalue weighted by Crippen LogP contribution is -2.59. The molecule has 0 aromatic rings. The number of carbonyl (C=O) groups excluding carboxylic acids is 1. The molecule has 0 radical (unpaired) electrons. The van der Waals surface area contributed by atoms with Crippen LogP contribution in [-0.4, -0.2) is 136 Å². The molecule has 5 fully saturated rings. The van der Waals surface area contributed by atoms with Crippen LogP contribution >= 0.6 is 11.6 Å². The Hall–Kier alpha value is -0.600. The Labute approximate surface area is 257 Å². The zero-order valence-corrected chi connectivity index (χ0v) is 26.4. The van der Waals surface area contributed by atoms with Crippen molar-refractivity contribution in [3.05, 3.63) is 0 Å². The van der Waals surface area contributed by atoms with Crippen molar-refractivity contribution in [2.75, 3.05) is 73.3 Å². The Morgan fingerprint density at radius 2 is 2.05 bits per heavy atom. The van der Waals surface area contributed by atoms with E-state index in [2.05, 4.69) is 31.1 Å². The highest BCUT2D eigenvalue weighted by Gasteiger charge is 2.42. The molecule has 242 valence electrons. The third-order valence-corrected chi connectivity index (χ3v) is 10.5. The van der Waals surface area contributed by atoms with Crippen molar-refractivity contribution in [1.29, 1.82) is 0 Å². The number of rotatable bonds is 14. The van der Waals surface area contributed by atoms with E-state index in [0.29, 0.717) is 50.8 Å². The first-order valence-corrected chi connectivity index (χ1v) is 16.8. The second-order valence-electron chi connectivity index (χ2n) is 13.5. The summed E-state index contributed by atoms with van der Waals surface area (Å²) < 4.78 is 17.9. The normalized spacial score (nSPS) is 36.9. The molecule has 0 aromatic heterocycles. The Morgan fingerprint density at radius 1 is 1.19 bits per heavy atom. The number of β-amino-alcohol motifs (C(OH)–C–C–N with tert-alkyl or cyclic N) is 1. The van der Waals surface area contributed by atoms with E-state index in [-0.39, 0.29) is 48.3 Å². The molecular weight excluding hydrogens is 560 g/mol. The number of fused-ring (bicyclic) bond motifs is 1. The van der Waals surface area contributed by atoms with E-state index in [4.69, 9.17) is 25.8 Å². The lowest BCUT2D eigenvalue weighted by Gasteiger charge is -2.46.